The molecule has 0 bridgehead atoms. The molecule has 22 heavy (non-hydrogen) atoms. The van der Waals surface area contributed by atoms with Crippen LogP contribution < -0.4 is 11.2 Å². The fraction of sp³-hybridized carbons (Fsp3) is 0. The van der Waals surface area contributed by atoms with Crippen LogP contribution in [0, 0.1) is 0 Å². The predicted octanol–water partition coefficient (Wildman–Crippen LogP) is 4.20. The lowest BCUT2D eigenvalue weighted by Crippen LogP contribution is -2.01. The van der Waals surface area contributed by atoms with Gasteiger partial charge in [0.2, 0.25) is 5.43 Å². The van der Waals surface area contributed by atoms with Gasteiger partial charge in [-0.1, -0.05) is 30.3 Å². The van der Waals surface area contributed by atoms with E-state index >= 15 is 0 Å². The number of nitrogens with two attached hydrogens (primary N) is 1. The van der Waals surface area contributed by atoms with E-state index in [1.54, 1.807) is 6.07 Å². The Morgan fingerprint density at radius 3 is 2.36 bits per heavy atom. The summed E-state index contributed by atoms with van der Waals surface area (Å²) in [5.41, 5.74) is 9.65. The molecule has 0 spiro atoms. The van der Waals surface area contributed by atoms with E-state index in [1.165, 1.54) is 0 Å². The van der Waals surface area contributed by atoms with Gasteiger partial charge < -0.3 is 10.2 Å². The standard InChI is InChI=1S/C19H13NO2/c20-14-5-3-4-12(10-14)13-8-9-18-16(11-13)19(21)15-6-1-2-7-17(15)22-18/h1-11H,20H2. The smallest absolute Gasteiger partial charge is 0.200 e. The van der Waals surface area contributed by atoms with Gasteiger partial charge in [0.05, 0.1) is 10.8 Å². The highest BCUT2D eigenvalue weighted by atomic mass is 16.3. The molecule has 1 aromatic heterocycles. The highest BCUT2D eigenvalue weighted by Crippen LogP contribution is 2.26. The Labute approximate surface area is 126 Å². The summed E-state index contributed by atoms with van der Waals surface area (Å²) in [5, 5.41) is 1.18. The summed E-state index contributed by atoms with van der Waals surface area (Å²) in [4.78, 5) is 12.7. The lowest BCUT2D eigenvalue weighted by Gasteiger charge is -2.05. The second kappa shape index (κ2) is 4.74. The zero-order valence-electron chi connectivity index (χ0n) is 11.7. The molecule has 0 saturated heterocycles. The normalized spacial score (nSPS) is 11.1. The molecular weight excluding hydrogens is 274 g/mol. The molecule has 0 aliphatic rings. The van der Waals surface area contributed by atoms with Gasteiger partial charge >= 0.3 is 0 Å². The van der Waals surface area contributed by atoms with Crippen LogP contribution in [0.1, 0.15) is 0 Å². The first-order chi connectivity index (χ1) is 10.7. The maximum absolute atomic E-state index is 12.7. The Hall–Kier alpha value is -3.07. The number of rotatable bonds is 1. The van der Waals surface area contributed by atoms with Crippen molar-refractivity contribution in [3.05, 3.63) is 77.0 Å². The van der Waals surface area contributed by atoms with Crippen molar-refractivity contribution in [3.8, 4) is 11.1 Å². The first-order valence-corrected chi connectivity index (χ1v) is 7.04. The topological polar surface area (TPSA) is 56.2 Å². The largest absolute Gasteiger partial charge is 0.456 e. The lowest BCUT2D eigenvalue weighted by atomic mass is 10.0. The maximum Gasteiger partial charge on any atom is 0.200 e. The molecule has 0 aliphatic heterocycles. The van der Waals surface area contributed by atoms with E-state index < -0.39 is 0 Å². The lowest BCUT2D eigenvalue weighted by molar-refractivity contribution is 0.660. The molecule has 0 amide bonds. The second-order valence-electron chi connectivity index (χ2n) is 5.26. The third kappa shape index (κ3) is 1.95. The molecule has 0 aliphatic carbocycles. The highest BCUT2D eigenvalue weighted by Gasteiger charge is 2.08. The number of hydrogen-bond acceptors (Lipinski definition) is 3. The monoisotopic (exact) mass is 287 g/mol. The van der Waals surface area contributed by atoms with Crippen molar-refractivity contribution in [3.63, 3.8) is 0 Å². The minimum absolute atomic E-state index is 0.0115. The molecule has 106 valence electrons. The fourth-order valence-corrected chi connectivity index (χ4v) is 2.70. The summed E-state index contributed by atoms with van der Waals surface area (Å²) >= 11 is 0. The fourth-order valence-electron chi connectivity index (χ4n) is 2.70. The minimum atomic E-state index is -0.0115. The summed E-state index contributed by atoms with van der Waals surface area (Å²) in [5.74, 6) is 0. The van der Waals surface area contributed by atoms with E-state index in [0.717, 1.165) is 11.1 Å². The molecule has 3 nitrogen and oxygen atoms in total. The van der Waals surface area contributed by atoms with Gasteiger partial charge in [0.15, 0.2) is 0 Å². The predicted molar refractivity (Wildman–Crippen MR) is 89.8 cm³/mol. The zero-order valence-corrected chi connectivity index (χ0v) is 11.7. The summed E-state index contributed by atoms with van der Waals surface area (Å²) in [6, 6.07) is 20.5. The van der Waals surface area contributed by atoms with Crippen molar-refractivity contribution < 1.29 is 4.42 Å². The number of fused-ring (bicyclic) bond motifs is 2. The average Bonchev–Trinajstić information content (AvgIpc) is 2.55. The van der Waals surface area contributed by atoms with Gasteiger partial charge in [-0.3, -0.25) is 4.79 Å². The number of para-hydroxylation sites is 1. The first kappa shape index (κ1) is 12.7. The van der Waals surface area contributed by atoms with Crippen LogP contribution in [0.3, 0.4) is 0 Å². The van der Waals surface area contributed by atoms with Crippen LogP contribution in [0.5, 0.6) is 0 Å². The van der Waals surface area contributed by atoms with E-state index in [1.807, 2.05) is 60.7 Å². The van der Waals surface area contributed by atoms with Crippen LogP contribution >= 0.6 is 0 Å². The number of hydrogen-bond donors (Lipinski definition) is 1. The first-order valence-electron chi connectivity index (χ1n) is 7.04. The minimum Gasteiger partial charge on any atom is -0.456 e. The van der Waals surface area contributed by atoms with Crippen LogP contribution in [0.15, 0.2) is 75.9 Å². The van der Waals surface area contributed by atoms with Gasteiger partial charge in [-0.05, 0) is 47.5 Å². The summed E-state index contributed by atoms with van der Waals surface area (Å²) < 4.78 is 5.82. The molecular formula is C19H13NO2. The van der Waals surface area contributed by atoms with Crippen LogP contribution in [0.25, 0.3) is 33.1 Å². The average molecular weight is 287 g/mol. The molecule has 0 radical (unpaired) electrons. The molecule has 3 aromatic carbocycles. The second-order valence-corrected chi connectivity index (χ2v) is 5.26. The SMILES string of the molecule is Nc1cccc(-c2ccc3oc4ccccc4c(=O)c3c2)c1. The number of anilines is 1. The van der Waals surface area contributed by atoms with Crippen molar-refractivity contribution in [1.82, 2.24) is 0 Å². The Morgan fingerprint density at radius 2 is 1.50 bits per heavy atom. The van der Waals surface area contributed by atoms with E-state index in [9.17, 15) is 4.79 Å². The maximum atomic E-state index is 12.7. The van der Waals surface area contributed by atoms with Crippen molar-refractivity contribution in [2.45, 2.75) is 0 Å². The van der Waals surface area contributed by atoms with Gasteiger partial charge in [-0.25, -0.2) is 0 Å². The highest BCUT2D eigenvalue weighted by molar-refractivity contribution is 5.92. The van der Waals surface area contributed by atoms with E-state index in [2.05, 4.69) is 0 Å². The molecule has 2 N–H and O–H groups in total. The van der Waals surface area contributed by atoms with E-state index in [0.29, 0.717) is 27.6 Å². The molecule has 0 fully saturated rings. The molecule has 4 aromatic rings. The van der Waals surface area contributed by atoms with E-state index in [4.69, 9.17) is 10.2 Å². The molecule has 0 atom stereocenters. The molecule has 4 rings (SSSR count). The van der Waals surface area contributed by atoms with Crippen molar-refractivity contribution >= 4 is 27.6 Å². The van der Waals surface area contributed by atoms with E-state index in [-0.39, 0.29) is 5.43 Å². The number of benzene rings is 3. The molecule has 0 saturated carbocycles. The Morgan fingerprint density at radius 1 is 0.727 bits per heavy atom. The van der Waals surface area contributed by atoms with Gasteiger partial charge in [0.1, 0.15) is 11.2 Å². The molecule has 0 unspecified atom stereocenters. The van der Waals surface area contributed by atoms with Gasteiger partial charge in [-0.2, -0.15) is 0 Å². The van der Waals surface area contributed by atoms with Gasteiger partial charge in [0.25, 0.3) is 0 Å². The van der Waals surface area contributed by atoms with Crippen LogP contribution in [-0.2, 0) is 0 Å². The van der Waals surface area contributed by atoms with Crippen molar-refractivity contribution in [2.24, 2.45) is 0 Å². The summed E-state index contributed by atoms with van der Waals surface area (Å²) in [7, 11) is 0. The van der Waals surface area contributed by atoms with Crippen LogP contribution in [-0.4, -0.2) is 0 Å². The molecule has 3 heteroatoms. The Bertz CT molecular complexity index is 1060. The quantitative estimate of drug-likeness (QED) is 0.422. The molecule has 1 heterocycles. The van der Waals surface area contributed by atoms with Crippen LogP contribution in [0.4, 0.5) is 5.69 Å². The number of nitrogen functional groups attached to an aromatic ring is 1. The summed E-state index contributed by atoms with van der Waals surface area (Å²) in [6.45, 7) is 0. The summed E-state index contributed by atoms with van der Waals surface area (Å²) in [6.07, 6.45) is 0. The third-order valence-electron chi connectivity index (χ3n) is 3.80. The van der Waals surface area contributed by atoms with Crippen molar-refractivity contribution in [1.29, 1.82) is 0 Å². The van der Waals surface area contributed by atoms with Crippen molar-refractivity contribution in [2.75, 3.05) is 5.73 Å². The van der Waals surface area contributed by atoms with Gasteiger partial charge in [0, 0.05) is 5.69 Å². The Kier molecular flexibility index (Phi) is 2.73. The Balaban J connectivity index is 2.03. The zero-order chi connectivity index (χ0) is 15.1. The third-order valence-corrected chi connectivity index (χ3v) is 3.80. The van der Waals surface area contributed by atoms with Crippen LogP contribution in [0.2, 0.25) is 0 Å². The van der Waals surface area contributed by atoms with Gasteiger partial charge in [-0.15, -0.1) is 0 Å².